The van der Waals surface area contributed by atoms with Gasteiger partial charge in [-0.15, -0.1) is 12.4 Å². The molecule has 1 rings (SSSR count). The second-order valence-electron chi connectivity index (χ2n) is 7.73. The Hall–Kier alpha value is -0.770. The number of hydrogen-bond acceptors (Lipinski definition) is 3. The van der Waals surface area contributed by atoms with Gasteiger partial charge in [0.1, 0.15) is 5.75 Å². The first kappa shape index (κ1) is 20.2. The van der Waals surface area contributed by atoms with E-state index in [1.807, 2.05) is 12.1 Å². The van der Waals surface area contributed by atoms with Crippen molar-refractivity contribution in [2.24, 2.45) is 5.73 Å². The van der Waals surface area contributed by atoms with Gasteiger partial charge < -0.3 is 15.9 Å². The largest absolute Gasteiger partial charge is 0.507 e. The summed E-state index contributed by atoms with van der Waals surface area (Å²) in [6, 6.07) is 3.38. The van der Waals surface area contributed by atoms with Gasteiger partial charge in [0.05, 0.1) is 12.1 Å². The monoisotopic (exact) mass is 315 g/mol. The minimum atomic E-state index is -0.705. The molecule has 1 aromatic carbocycles. The van der Waals surface area contributed by atoms with Crippen LogP contribution >= 0.6 is 12.4 Å². The summed E-state index contributed by atoms with van der Waals surface area (Å²) in [6.45, 7) is 14.2. The zero-order valence-corrected chi connectivity index (χ0v) is 15.0. The smallest absolute Gasteiger partial charge is 0.124 e. The van der Waals surface area contributed by atoms with E-state index in [0.717, 1.165) is 11.1 Å². The van der Waals surface area contributed by atoms with Crippen LogP contribution in [-0.2, 0) is 10.8 Å². The third kappa shape index (κ3) is 4.60. The van der Waals surface area contributed by atoms with E-state index in [1.54, 1.807) is 6.92 Å². The first-order valence-electron chi connectivity index (χ1n) is 7.17. The molecule has 0 aliphatic carbocycles. The molecule has 21 heavy (non-hydrogen) atoms. The number of aliphatic hydroxyl groups excluding tert-OH is 1. The van der Waals surface area contributed by atoms with Crippen LogP contribution in [0.4, 0.5) is 0 Å². The molecule has 0 aliphatic heterocycles. The Bertz CT molecular complexity index is 485. The molecule has 2 atom stereocenters. The van der Waals surface area contributed by atoms with E-state index in [0.29, 0.717) is 5.56 Å². The molecule has 0 bridgehead atoms. The Balaban J connectivity index is 0.00000400. The van der Waals surface area contributed by atoms with E-state index in [9.17, 15) is 10.2 Å². The van der Waals surface area contributed by atoms with Gasteiger partial charge >= 0.3 is 0 Å². The zero-order chi connectivity index (χ0) is 15.9. The van der Waals surface area contributed by atoms with Crippen LogP contribution in [0.5, 0.6) is 5.75 Å². The van der Waals surface area contributed by atoms with Crippen molar-refractivity contribution in [3.63, 3.8) is 0 Å². The summed E-state index contributed by atoms with van der Waals surface area (Å²) in [5.74, 6) is 0.207. The molecule has 0 amide bonds. The maximum atomic E-state index is 10.5. The fraction of sp³-hybridized carbons (Fsp3) is 0.647. The van der Waals surface area contributed by atoms with Gasteiger partial charge in [-0.05, 0) is 34.9 Å². The van der Waals surface area contributed by atoms with E-state index in [1.165, 1.54) is 0 Å². The van der Waals surface area contributed by atoms with Crippen LogP contribution in [0.1, 0.15) is 71.2 Å². The molecule has 0 saturated heterocycles. The lowest BCUT2D eigenvalue weighted by atomic mass is 9.78. The standard InChI is InChI=1S/C17H29NO2.ClH/c1-10(19)14(18)12-8-11(16(2,3)4)9-13(15(12)20)17(5,6)7;/h8-10,14,19-20H,18H2,1-7H3;1H/t10-,14-;/m1./s1. The third-order valence-electron chi connectivity index (χ3n) is 3.69. The maximum absolute atomic E-state index is 10.5. The van der Waals surface area contributed by atoms with Gasteiger partial charge in [-0.2, -0.15) is 0 Å². The second kappa shape index (κ2) is 6.55. The number of benzene rings is 1. The SMILES string of the molecule is C[C@@H](O)[C@@H](N)c1cc(C(C)(C)C)cc(C(C)(C)C)c1O.Cl. The molecule has 0 saturated carbocycles. The molecule has 0 unspecified atom stereocenters. The maximum Gasteiger partial charge on any atom is 0.124 e. The predicted molar refractivity (Wildman–Crippen MR) is 91.4 cm³/mol. The van der Waals surface area contributed by atoms with Crippen LogP contribution in [0.2, 0.25) is 0 Å². The van der Waals surface area contributed by atoms with Crippen molar-refractivity contribution in [1.82, 2.24) is 0 Å². The molecule has 1 aromatic rings. The van der Waals surface area contributed by atoms with E-state index in [-0.39, 0.29) is 29.0 Å². The molecule has 4 N–H and O–H groups in total. The Morgan fingerprint density at radius 1 is 1.00 bits per heavy atom. The summed E-state index contributed by atoms with van der Waals surface area (Å²) in [5, 5.41) is 20.3. The van der Waals surface area contributed by atoms with Crippen LogP contribution in [0.3, 0.4) is 0 Å². The van der Waals surface area contributed by atoms with E-state index in [4.69, 9.17) is 5.73 Å². The fourth-order valence-electron chi connectivity index (χ4n) is 2.18. The molecule has 0 spiro atoms. The summed E-state index contributed by atoms with van der Waals surface area (Å²) in [4.78, 5) is 0. The first-order chi connectivity index (χ1) is 8.85. The summed E-state index contributed by atoms with van der Waals surface area (Å²) in [7, 11) is 0. The summed E-state index contributed by atoms with van der Waals surface area (Å²) in [6.07, 6.45) is -0.705. The van der Waals surface area contributed by atoms with Gasteiger partial charge in [-0.3, -0.25) is 0 Å². The lowest BCUT2D eigenvalue weighted by Crippen LogP contribution is -2.25. The van der Waals surface area contributed by atoms with Crippen LogP contribution in [0.25, 0.3) is 0 Å². The van der Waals surface area contributed by atoms with Gasteiger partial charge in [0.15, 0.2) is 0 Å². The first-order valence-corrected chi connectivity index (χ1v) is 7.17. The zero-order valence-electron chi connectivity index (χ0n) is 14.2. The summed E-state index contributed by atoms with van der Waals surface area (Å²) >= 11 is 0. The quantitative estimate of drug-likeness (QED) is 0.778. The molecule has 0 fully saturated rings. The average molecular weight is 316 g/mol. The van der Waals surface area contributed by atoms with Crippen molar-refractivity contribution in [1.29, 1.82) is 0 Å². The van der Waals surface area contributed by atoms with Crippen molar-refractivity contribution in [3.8, 4) is 5.75 Å². The average Bonchev–Trinajstić information content (AvgIpc) is 2.24. The van der Waals surface area contributed by atoms with Gasteiger partial charge in [0.2, 0.25) is 0 Å². The van der Waals surface area contributed by atoms with Crippen molar-refractivity contribution in [2.45, 2.75) is 71.4 Å². The summed E-state index contributed by atoms with van der Waals surface area (Å²) in [5.41, 5.74) is 8.44. The number of phenolic OH excluding ortho intramolecular Hbond substituents is 1. The van der Waals surface area contributed by atoms with E-state index in [2.05, 4.69) is 41.5 Å². The molecule has 0 heterocycles. The van der Waals surface area contributed by atoms with Gasteiger partial charge in [-0.1, -0.05) is 47.6 Å². The molecule has 4 heteroatoms. The molecular weight excluding hydrogens is 286 g/mol. The second-order valence-corrected chi connectivity index (χ2v) is 7.73. The highest BCUT2D eigenvalue weighted by Gasteiger charge is 2.27. The fourth-order valence-corrected chi connectivity index (χ4v) is 2.18. The molecule has 0 radical (unpaired) electrons. The molecule has 122 valence electrons. The van der Waals surface area contributed by atoms with Gasteiger partial charge in [-0.25, -0.2) is 0 Å². The Labute approximate surface area is 135 Å². The Morgan fingerprint density at radius 3 is 1.81 bits per heavy atom. The number of aromatic hydroxyl groups is 1. The van der Waals surface area contributed by atoms with Crippen molar-refractivity contribution < 1.29 is 10.2 Å². The Kier molecular flexibility index (Phi) is 6.31. The lowest BCUT2D eigenvalue weighted by molar-refractivity contribution is 0.162. The van der Waals surface area contributed by atoms with Gasteiger partial charge in [0.25, 0.3) is 0 Å². The highest BCUT2D eigenvalue weighted by atomic mass is 35.5. The van der Waals surface area contributed by atoms with Crippen LogP contribution in [0, 0.1) is 0 Å². The van der Waals surface area contributed by atoms with Gasteiger partial charge in [0, 0.05) is 5.56 Å². The van der Waals surface area contributed by atoms with Crippen LogP contribution in [-0.4, -0.2) is 16.3 Å². The highest BCUT2D eigenvalue weighted by molar-refractivity contribution is 5.85. The highest BCUT2D eigenvalue weighted by Crippen LogP contribution is 2.39. The topological polar surface area (TPSA) is 66.5 Å². The van der Waals surface area contributed by atoms with E-state index < -0.39 is 12.1 Å². The lowest BCUT2D eigenvalue weighted by Gasteiger charge is -2.29. The van der Waals surface area contributed by atoms with Crippen LogP contribution in [0.15, 0.2) is 12.1 Å². The summed E-state index contributed by atoms with van der Waals surface area (Å²) < 4.78 is 0. The number of halogens is 1. The predicted octanol–water partition coefficient (Wildman–Crippen LogP) is 3.79. The minimum absolute atomic E-state index is 0. The van der Waals surface area contributed by atoms with Crippen molar-refractivity contribution >= 4 is 12.4 Å². The molecule has 3 nitrogen and oxygen atoms in total. The number of rotatable bonds is 2. The molecular formula is C17H30ClNO2. The molecule has 0 aliphatic rings. The molecule has 0 aromatic heterocycles. The van der Waals surface area contributed by atoms with Crippen LogP contribution < -0.4 is 5.73 Å². The minimum Gasteiger partial charge on any atom is -0.507 e. The van der Waals surface area contributed by atoms with Crippen molar-refractivity contribution in [3.05, 3.63) is 28.8 Å². The third-order valence-corrected chi connectivity index (χ3v) is 3.69. The number of nitrogens with two attached hydrogens (primary N) is 1. The number of phenols is 1. The normalized spacial score (nSPS) is 15.3. The number of aliphatic hydroxyl groups is 1. The van der Waals surface area contributed by atoms with E-state index >= 15 is 0 Å². The Morgan fingerprint density at radius 2 is 1.48 bits per heavy atom. The number of hydrogen-bond donors (Lipinski definition) is 3. The van der Waals surface area contributed by atoms with Crippen molar-refractivity contribution in [2.75, 3.05) is 0 Å².